The number of guanidine groups is 1. The lowest BCUT2D eigenvalue weighted by atomic mass is 10.2. The molecule has 0 saturated carbocycles. The topological polar surface area (TPSA) is 285 Å². The van der Waals surface area contributed by atoms with Gasteiger partial charge in [0.2, 0.25) is 0 Å². The lowest BCUT2D eigenvalue weighted by Gasteiger charge is -2.12. The van der Waals surface area contributed by atoms with Crippen LogP contribution in [0.2, 0.25) is 0 Å². The molecule has 14 N–H and O–H groups in total. The van der Waals surface area contributed by atoms with Crippen LogP contribution in [0.4, 0.5) is 0 Å². The molecule has 18 heteroatoms. The summed E-state index contributed by atoms with van der Waals surface area (Å²) < 4.78 is 0. The Labute approximate surface area is 269 Å². The average Bonchev–Trinajstić information content (AvgIpc) is 2.86. The number of carbonyl (C=O) groups excluding carboxylic acids is 2. The Morgan fingerprint density at radius 2 is 1.34 bits per heavy atom. The van der Waals surface area contributed by atoms with Gasteiger partial charge in [0.25, 0.3) is 0 Å². The van der Waals surface area contributed by atoms with Gasteiger partial charge in [0.1, 0.15) is 0 Å². The smallest absolute Gasteiger partial charge is 0.188 e. The first-order valence-electron chi connectivity index (χ1n) is 10.0. The molecule has 2 atom stereocenters. The van der Waals surface area contributed by atoms with E-state index >= 15 is 0 Å². The first-order chi connectivity index (χ1) is 16.3. The second-order valence-electron chi connectivity index (χ2n) is 5.84. The molecule has 0 amide bonds. The maximum absolute atomic E-state index is 10.2. The van der Waals surface area contributed by atoms with Crippen LogP contribution in [0.5, 0.6) is 0 Å². The Morgan fingerprint density at radius 3 is 1.55 bits per heavy atom. The van der Waals surface area contributed by atoms with Gasteiger partial charge >= 0.3 is 0 Å². The van der Waals surface area contributed by atoms with Crippen molar-refractivity contribution in [3.05, 3.63) is 0 Å². The van der Waals surface area contributed by atoms with Crippen molar-refractivity contribution in [1.82, 2.24) is 10.6 Å². The summed E-state index contributed by atoms with van der Waals surface area (Å²) in [6.07, 6.45) is 3.91. The van der Waals surface area contributed by atoms with E-state index in [2.05, 4.69) is 55.4 Å². The van der Waals surface area contributed by atoms with Gasteiger partial charge < -0.3 is 64.8 Å². The quantitative estimate of drug-likeness (QED) is 0.0308. The van der Waals surface area contributed by atoms with Crippen LogP contribution in [0.15, 0.2) is 9.98 Å². The lowest BCUT2D eigenvalue weighted by molar-refractivity contribution is -0.308. The SMILES string of the molecule is C.C.CI.CN=C(N)NCCC[C@H](N)C(=O)[O-].CN=C(N)SC.CNC(N)=S.I.NCCC[C@H](N)C(=O)[O-]. The Bertz CT molecular complexity index is 594. The summed E-state index contributed by atoms with van der Waals surface area (Å²) in [5.74, 6) is -2.09. The maximum Gasteiger partial charge on any atom is 0.188 e. The molecule has 0 bridgehead atoms. The zero-order chi connectivity index (χ0) is 28.8. The third kappa shape index (κ3) is 59.9. The monoisotopic (exact) mass is 814 g/mol. The predicted molar refractivity (Wildman–Crippen MR) is 185 cm³/mol. The highest BCUT2D eigenvalue weighted by atomic mass is 127. The highest BCUT2D eigenvalue weighted by molar-refractivity contribution is 14.1. The van der Waals surface area contributed by atoms with E-state index < -0.39 is 24.0 Å². The van der Waals surface area contributed by atoms with Crippen LogP contribution in [0, 0.1) is 0 Å². The summed E-state index contributed by atoms with van der Waals surface area (Å²) >= 11 is 7.97. The molecule has 0 saturated heterocycles. The Hall–Kier alpha value is -0.940. The van der Waals surface area contributed by atoms with Gasteiger partial charge in [0.05, 0.1) is 11.9 Å². The van der Waals surface area contributed by atoms with Crippen LogP contribution < -0.4 is 55.2 Å². The lowest BCUT2D eigenvalue weighted by Crippen LogP contribution is -2.42. The van der Waals surface area contributed by atoms with Crippen molar-refractivity contribution in [3.8, 4) is 0 Å². The second-order valence-corrected chi connectivity index (χ2v) is 7.11. The number of aliphatic imine (C=N–C) groups is 2. The summed E-state index contributed by atoms with van der Waals surface area (Å²) in [5, 5.41) is 26.4. The number of nitrogens with zero attached hydrogens (tertiary/aromatic N) is 2. The van der Waals surface area contributed by atoms with Crippen LogP contribution in [0.3, 0.4) is 0 Å². The molecular formula is C20H52I2N10O4S2-2. The molecule has 0 rings (SSSR count). The zero-order valence-corrected chi connectivity index (χ0v) is 27.6. The molecule has 0 heterocycles. The van der Waals surface area contributed by atoms with Crippen LogP contribution >= 0.6 is 70.5 Å². The molecule has 0 aliphatic heterocycles. The van der Waals surface area contributed by atoms with Crippen molar-refractivity contribution in [1.29, 1.82) is 0 Å². The number of hydrogen-bond donors (Lipinski definition) is 8. The molecule has 0 aliphatic rings. The molecule has 14 nitrogen and oxygen atoms in total. The van der Waals surface area contributed by atoms with E-state index in [9.17, 15) is 19.8 Å². The van der Waals surface area contributed by atoms with E-state index in [1.54, 1.807) is 21.1 Å². The second kappa shape index (κ2) is 45.9. The molecule has 0 aliphatic carbocycles. The number of nitrogens with two attached hydrogens (primary N) is 6. The van der Waals surface area contributed by atoms with Gasteiger partial charge in [-0.15, -0.1) is 24.0 Å². The molecule has 38 heavy (non-hydrogen) atoms. The van der Waals surface area contributed by atoms with Crippen LogP contribution in [-0.2, 0) is 9.59 Å². The van der Waals surface area contributed by atoms with Crippen molar-refractivity contribution in [2.24, 2.45) is 44.4 Å². The number of rotatable bonds is 9. The van der Waals surface area contributed by atoms with Crippen LogP contribution in [0.25, 0.3) is 0 Å². The Balaban J connectivity index is -0.0000000531. The molecule has 0 aromatic heterocycles. The highest BCUT2D eigenvalue weighted by Crippen LogP contribution is 1.91. The minimum absolute atomic E-state index is 0. The first-order valence-corrected chi connectivity index (χ1v) is 13.8. The van der Waals surface area contributed by atoms with Crippen molar-refractivity contribution in [2.75, 3.05) is 45.4 Å². The van der Waals surface area contributed by atoms with Gasteiger partial charge in [-0.2, -0.15) is 0 Å². The molecule has 0 aromatic rings. The summed E-state index contributed by atoms with van der Waals surface area (Å²) in [7, 11) is 4.92. The standard InChI is InChI=1S/C7H16N4O2.C5H12N2O2.C3H8N2S.C2H6N2S.CH3I.2CH4.HI/c1-10-7(9)11-4-2-3-5(8)6(12)13;6-3-1-2-4(7)5(8)9;1-5-3(4)6-2;1-4-2(3)5;1-2;;;/h5H,2-4,8H2,1H3,(H,12,13)(H3,9,10,11);4H,1-3,6-7H2,(H,8,9);1-2H3,(H2,4,5);1H3,(H3,3,4,5);1H3;2*1H4;1H/p-2/t5-;4-;;;;;;/m00....../s1. The van der Waals surface area contributed by atoms with Crippen LogP contribution in [-0.4, -0.2) is 85.7 Å². The predicted octanol–water partition coefficient (Wildman–Crippen LogP) is -2.13. The van der Waals surface area contributed by atoms with Gasteiger partial charge in [-0.05, 0) is 55.6 Å². The van der Waals surface area contributed by atoms with E-state index in [0.717, 1.165) is 0 Å². The summed E-state index contributed by atoms with van der Waals surface area (Å²) in [6.45, 7) is 1.03. The normalized spacial score (nSPS) is 10.8. The number of aliphatic carboxylic acids is 2. The molecule has 234 valence electrons. The summed E-state index contributed by atoms with van der Waals surface area (Å²) in [5.41, 5.74) is 30.8. The molecule has 0 aromatic carbocycles. The van der Waals surface area contributed by atoms with Crippen molar-refractivity contribution >= 4 is 98.7 Å². The summed E-state index contributed by atoms with van der Waals surface area (Å²) in [6, 6.07) is -1.75. The molecule has 0 spiro atoms. The van der Waals surface area contributed by atoms with Crippen molar-refractivity contribution in [3.63, 3.8) is 0 Å². The number of thioether (sulfide) groups is 1. The van der Waals surface area contributed by atoms with Crippen molar-refractivity contribution < 1.29 is 19.8 Å². The van der Waals surface area contributed by atoms with Gasteiger partial charge in [0.15, 0.2) is 16.2 Å². The number of amidine groups is 1. The fourth-order valence-corrected chi connectivity index (χ4v) is 1.46. The van der Waals surface area contributed by atoms with Crippen molar-refractivity contribution in [2.45, 2.75) is 52.6 Å². The third-order valence-corrected chi connectivity index (χ3v) is 4.04. The number of carbonyl (C=O) groups is 2. The Morgan fingerprint density at radius 1 is 0.974 bits per heavy atom. The third-order valence-electron chi connectivity index (χ3n) is 3.24. The number of hydrogen-bond acceptors (Lipinski definition) is 11. The summed E-state index contributed by atoms with van der Waals surface area (Å²) in [4.78, 5) is 29.4. The van der Waals surface area contributed by atoms with Gasteiger partial charge in [0, 0.05) is 39.8 Å². The number of halogens is 2. The highest BCUT2D eigenvalue weighted by Gasteiger charge is 2.02. The van der Waals surface area contributed by atoms with E-state index in [1.807, 2.05) is 11.2 Å². The number of alkyl halides is 1. The van der Waals surface area contributed by atoms with Crippen LogP contribution in [0.1, 0.15) is 40.5 Å². The number of thiocarbonyl (C=S) groups is 1. The Kier molecular flexibility index (Phi) is 69.0. The maximum atomic E-state index is 10.2. The molecule has 0 fully saturated rings. The molecule has 0 radical (unpaired) electrons. The van der Waals surface area contributed by atoms with E-state index in [1.165, 1.54) is 11.8 Å². The largest absolute Gasteiger partial charge is 0.548 e. The van der Waals surface area contributed by atoms with E-state index in [0.29, 0.717) is 55.0 Å². The minimum Gasteiger partial charge on any atom is -0.548 e. The average molecular weight is 815 g/mol. The van der Waals surface area contributed by atoms with Gasteiger partial charge in [-0.25, -0.2) is 0 Å². The molecular weight excluding hydrogens is 762 g/mol. The minimum atomic E-state index is -1.22. The fraction of sp³-hybridized carbons (Fsp3) is 0.750. The first kappa shape index (κ1) is 57.1. The zero-order valence-electron chi connectivity index (χ0n) is 21.5. The van der Waals surface area contributed by atoms with E-state index in [-0.39, 0.29) is 38.8 Å². The fourth-order valence-electron chi connectivity index (χ4n) is 1.28. The molecule has 0 unspecified atom stereocenters. The van der Waals surface area contributed by atoms with Gasteiger partial charge in [-0.1, -0.05) is 49.2 Å². The number of carboxylic acid groups (broad SMARTS) is 2. The number of carboxylic acids is 2. The van der Waals surface area contributed by atoms with E-state index in [4.69, 9.17) is 34.4 Å². The number of nitrogens with one attached hydrogen (secondary N) is 2. The van der Waals surface area contributed by atoms with Gasteiger partial charge in [-0.3, -0.25) is 9.98 Å².